The number of H-pyrrole nitrogens is 1. The van der Waals surface area contributed by atoms with Gasteiger partial charge in [0, 0.05) is 32.5 Å². The van der Waals surface area contributed by atoms with Gasteiger partial charge in [-0.2, -0.15) is 0 Å². The van der Waals surface area contributed by atoms with Crippen molar-refractivity contribution in [2.45, 2.75) is 39.2 Å². The van der Waals surface area contributed by atoms with E-state index < -0.39 is 0 Å². The second kappa shape index (κ2) is 5.64. The lowest BCUT2D eigenvalue weighted by atomic mass is 9.92. The van der Waals surface area contributed by atoms with Crippen molar-refractivity contribution in [2.24, 2.45) is 0 Å². The van der Waals surface area contributed by atoms with E-state index in [0.29, 0.717) is 0 Å². The van der Waals surface area contributed by atoms with Crippen LogP contribution in [0.3, 0.4) is 0 Å². The minimum atomic E-state index is 0.242. The first-order valence-electron chi connectivity index (χ1n) is 7.99. The summed E-state index contributed by atoms with van der Waals surface area (Å²) in [6.07, 6.45) is 3.39. The Morgan fingerprint density at radius 3 is 2.74 bits per heavy atom. The molecule has 0 radical (unpaired) electrons. The van der Waals surface area contributed by atoms with Crippen LogP contribution in [0.2, 0.25) is 0 Å². The average molecular weight is 371 g/mol. The van der Waals surface area contributed by atoms with Gasteiger partial charge in [-0.3, -0.25) is 0 Å². The van der Waals surface area contributed by atoms with Crippen molar-refractivity contribution in [3.05, 3.63) is 51.4 Å². The molecule has 23 heavy (non-hydrogen) atoms. The maximum absolute atomic E-state index is 4.53. The number of nitrogens with one attached hydrogen (secondary N) is 2. The molecule has 1 aliphatic rings. The first-order valence-corrected chi connectivity index (χ1v) is 8.78. The topological polar surface area (TPSA) is 53.6 Å². The highest BCUT2D eigenvalue weighted by Gasteiger charge is 2.25. The minimum absolute atomic E-state index is 0.242. The zero-order valence-electron chi connectivity index (χ0n) is 13.3. The number of hydrogen-bond acceptors (Lipinski definition) is 3. The molecule has 0 saturated carbocycles. The highest BCUT2D eigenvalue weighted by atomic mass is 79.9. The normalized spacial score (nSPS) is 17.3. The predicted molar refractivity (Wildman–Crippen MR) is 96.8 cm³/mol. The molecule has 118 valence electrons. The van der Waals surface area contributed by atoms with E-state index >= 15 is 0 Å². The van der Waals surface area contributed by atoms with Crippen LogP contribution in [-0.4, -0.2) is 15.0 Å². The third kappa shape index (κ3) is 2.74. The molecule has 1 aromatic carbocycles. The van der Waals surface area contributed by atoms with Crippen LogP contribution in [0, 0.1) is 13.8 Å². The fraction of sp³-hybridized carbons (Fsp3) is 0.333. The second-order valence-corrected chi connectivity index (χ2v) is 7.19. The average Bonchev–Trinajstić information content (AvgIpc) is 2.85. The fourth-order valence-corrected chi connectivity index (χ4v) is 3.89. The van der Waals surface area contributed by atoms with Crippen molar-refractivity contribution in [2.75, 3.05) is 5.32 Å². The van der Waals surface area contributed by atoms with Crippen LogP contribution in [0.5, 0.6) is 0 Å². The summed E-state index contributed by atoms with van der Waals surface area (Å²) >= 11 is 3.58. The van der Waals surface area contributed by atoms with Crippen LogP contribution in [-0.2, 0) is 6.42 Å². The van der Waals surface area contributed by atoms with Crippen LogP contribution in [0.15, 0.2) is 28.7 Å². The number of aromatic amines is 1. The lowest BCUT2D eigenvalue weighted by Crippen LogP contribution is -2.18. The van der Waals surface area contributed by atoms with E-state index in [1.165, 1.54) is 28.6 Å². The van der Waals surface area contributed by atoms with Crippen molar-refractivity contribution in [3.8, 4) is 0 Å². The Morgan fingerprint density at radius 2 is 1.96 bits per heavy atom. The standard InChI is InChI=1S/C18H19BrN4/c1-10-8-11(2)21-18(20-10)23-16-5-3-4-13-14-9-12(19)6-7-15(14)22-17(13)16/h6-9,16,22H,3-5H2,1-2H3,(H,20,21,23). The molecule has 4 rings (SSSR count). The lowest BCUT2D eigenvalue weighted by molar-refractivity contribution is 0.588. The summed E-state index contributed by atoms with van der Waals surface area (Å²) in [6, 6.07) is 8.67. The molecular weight excluding hydrogens is 352 g/mol. The number of rotatable bonds is 2. The van der Waals surface area contributed by atoms with Crippen molar-refractivity contribution >= 4 is 32.8 Å². The zero-order chi connectivity index (χ0) is 16.0. The molecule has 0 amide bonds. The third-order valence-corrected chi connectivity index (χ3v) is 4.95. The Kier molecular flexibility index (Phi) is 3.60. The number of aromatic nitrogens is 3. The smallest absolute Gasteiger partial charge is 0.223 e. The second-order valence-electron chi connectivity index (χ2n) is 6.27. The van der Waals surface area contributed by atoms with E-state index in [0.717, 1.165) is 34.7 Å². The maximum Gasteiger partial charge on any atom is 0.223 e. The van der Waals surface area contributed by atoms with Gasteiger partial charge >= 0.3 is 0 Å². The number of anilines is 1. The van der Waals surface area contributed by atoms with Gasteiger partial charge in [-0.25, -0.2) is 9.97 Å². The number of nitrogens with zero attached hydrogens (tertiary/aromatic N) is 2. The van der Waals surface area contributed by atoms with E-state index in [4.69, 9.17) is 0 Å². The molecule has 0 fully saturated rings. The van der Waals surface area contributed by atoms with Gasteiger partial charge in [0.2, 0.25) is 5.95 Å². The molecule has 4 nitrogen and oxygen atoms in total. The van der Waals surface area contributed by atoms with Crippen molar-refractivity contribution in [1.29, 1.82) is 0 Å². The molecule has 5 heteroatoms. The highest BCUT2D eigenvalue weighted by molar-refractivity contribution is 9.10. The Bertz CT molecular complexity index is 864. The summed E-state index contributed by atoms with van der Waals surface area (Å²) in [6.45, 7) is 4.01. The molecule has 2 N–H and O–H groups in total. The quantitative estimate of drug-likeness (QED) is 0.679. The molecule has 1 unspecified atom stereocenters. The van der Waals surface area contributed by atoms with E-state index in [1.54, 1.807) is 0 Å². The van der Waals surface area contributed by atoms with Crippen molar-refractivity contribution in [1.82, 2.24) is 15.0 Å². The van der Waals surface area contributed by atoms with E-state index in [1.807, 2.05) is 19.9 Å². The highest BCUT2D eigenvalue weighted by Crippen LogP contribution is 2.37. The molecule has 1 aliphatic carbocycles. The van der Waals surface area contributed by atoms with Crippen LogP contribution in [0.1, 0.15) is 41.5 Å². The molecule has 0 spiro atoms. The Balaban J connectivity index is 1.74. The molecule has 2 aromatic heterocycles. The van der Waals surface area contributed by atoms with Gasteiger partial charge in [-0.05, 0) is 62.9 Å². The first kappa shape index (κ1) is 14.7. The summed E-state index contributed by atoms with van der Waals surface area (Å²) < 4.78 is 1.12. The predicted octanol–water partition coefficient (Wildman–Crippen LogP) is 4.83. The van der Waals surface area contributed by atoms with Crippen LogP contribution >= 0.6 is 15.9 Å². The van der Waals surface area contributed by atoms with E-state index in [9.17, 15) is 0 Å². The van der Waals surface area contributed by atoms with Crippen molar-refractivity contribution in [3.63, 3.8) is 0 Å². The van der Waals surface area contributed by atoms with Crippen LogP contribution < -0.4 is 5.32 Å². The number of benzene rings is 1. The van der Waals surface area contributed by atoms with Crippen LogP contribution in [0.25, 0.3) is 10.9 Å². The molecule has 3 aromatic rings. The van der Waals surface area contributed by atoms with E-state index in [-0.39, 0.29) is 6.04 Å². The maximum atomic E-state index is 4.53. The largest absolute Gasteiger partial charge is 0.356 e. The van der Waals surface area contributed by atoms with Crippen LogP contribution in [0.4, 0.5) is 5.95 Å². The Hall–Kier alpha value is -1.88. The van der Waals surface area contributed by atoms with Gasteiger partial charge in [0.05, 0.1) is 6.04 Å². The minimum Gasteiger partial charge on any atom is -0.356 e. The van der Waals surface area contributed by atoms with Gasteiger partial charge in [-0.15, -0.1) is 0 Å². The lowest BCUT2D eigenvalue weighted by Gasteiger charge is -2.24. The van der Waals surface area contributed by atoms with Gasteiger partial charge < -0.3 is 10.3 Å². The monoisotopic (exact) mass is 370 g/mol. The molecule has 2 heterocycles. The number of aryl methyl sites for hydroxylation is 3. The first-order chi connectivity index (χ1) is 11.1. The number of halogens is 1. The number of hydrogen-bond donors (Lipinski definition) is 2. The summed E-state index contributed by atoms with van der Waals surface area (Å²) in [5, 5.41) is 4.85. The third-order valence-electron chi connectivity index (χ3n) is 4.45. The number of fused-ring (bicyclic) bond motifs is 3. The van der Waals surface area contributed by atoms with Gasteiger partial charge in [0.15, 0.2) is 0 Å². The SMILES string of the molecule is Cc1cc(C)nc(NC2CCCc3c2[nH]c2ccc(Br)cc32)n1. The molecule has 1 atom stereocenters. The zero-order valence-corrected chi connectivity index (χ0v) is 14.9. The van der Waals surface area contributed by atoms with Gasteiger partial charge in [-0.1, -0.05) is 15.9 Å². The Morgan fingerprint density at radius 1 is 1.17 bits per heavy atom. The molecular formula is C18H19BrN4. The summed E-state index contributed by atoms with van der Waals surface area (Å²) in [5.74, 6) is 0.722. The molecule has 0 bridgehead atoms. The molecule has 0 aliphatic heterocycles. The van der Waals surface area contributed by atoms with E-state index in [2.05, 4.69) is 54.4 Å². The van der Waals surface area contributed by atoms with Gasteiger partial charge in [0.25, 0.3) is 0 Å². The summed E-state index contributed by atoms with van der Waals surface area (Å²) in [7, 11) is 0. The molecule has 0 saturated heterocycles. The van der Waals surface area contributed by atoms with Gasteiger partial charge in [0.1, 0.15) is 0 Å². The summed E-state index contributed by atoms with van der Waals surface area (Å²) in [5.41, 5.74) is 5.91. The Labute approximate surface area is 143 Å². The van der Waals surface area contributed by atoms with Crippen molar-refractivity contribution < 1.29 is 0 Å². The fourth-order valence-electron chi connectivity index (χ4n) is 3.53. The summed E-state index contributed by atoms with van der Waals surface area (Å²) in [4.78, 5) is 12.7.